The van der Waals surface area contributed by atoms with Gasteiger partial charge in [0, 0.05) is 11.1 Å². The molecule has 38 heavy (non-hydrogen) atoms. The van der Waals surface area contributed by atoms with Crippen molar-refractivity contribution in [3.63, 3.8) is 0 Å². The largest absolute Gasteiger partial charge is 0.213 e. The molecule has 3 aromatic carbocycles. The summed E-state index contributed by atoms with van der Waals surface area (Å²) in [6.07, 6.45) is 17.9. The summed E-state index contributed by atoms with van der Waals surface area (Å²) >= 11 is 0. The summed E-state index contributed by atoms with van der Waals surface area (Å²) in [5.41, 5.74) is 8.07. The molecule has 188 valence electrons. The fourth-order valence-corrected chi connectivity index (χ4v) is 4.67. The minimum atomic E-state index is 0.195. The average Bonchev–Trinajstić information content (AvgIpc) is 3.21. The molecule has 0 aliphatic heterocycles. The van der Waals surface area contributed by atoms with Crippen molar-refractivity contribution in [2.24, 2.45) is 0 Å². The van der Waals surface area contributed by atoms with E-state index in [1.807, 2.05) is 29.8 Å². The maximum atomic E-state index is 5.06. The van der Waals surface area contributed by atoms with Gasteiger partial charge in [-0.2, -0.15) is 0 Å². The number of rotatable bonds is 7. The van der Waals surface area contributed by atoms with Crippen LogP contribution in [0.2, 0.25) is 0 Å². The number of hydrogen-bond acceptors (Lipinski definition) is 2. The smallest absolute Gasteiger partial charge is 0.181 e. The summed E-state index contributed by atoms with van der Waals surface area (Å²) in [6.45, 7) is 6.39. The van der Waals surface area contributed by atoms with E-state index in [0.717, 1.165) is 34.9 Å². The molecule has 0 spiro atoms. The first-order chi connectivity index (χ1) is 18.6. The molecule has 0 fully saturated rings. The van der Waals surface area contributed by atoms with Gasteiger partial charge in [0.25, 0.3) is 0 Å². The average molecular weight is 496 g/mol. The first-order valence-electron chi connectivity index (χ1n) is 13.2. The van der Waals surface area contributed by atoms with E-state index in [-0.39, 0.29) is 5.92 Å². The number of benzene rings is 3. The van der Waals surface area contributed by atoms with Crippen molar-refractivity contribution in [1.29, 1.82) is 0 Å². The van der Waals surface area contributed by atoms with Crippen LogP contribution in [0.5, 0.6) is 0 Å². The van der Waals surface area contributed by atoms with Crippen LogP contribution in [0.3, 0.4) is 0 Å². The van der Waals surface area contributed by atoms with E-state index in [4.69, 9.17) is 10.1 Å². The lowest BCUT2D eigenvalue weighted by Gasteiger charge is -2.10. The Balaban J connectivity index is 1.50. The molecular formula is C35H33N3. The highest BCUT2D eigenvalue weighted by atomic mass is 15.4. The van der Waals surface area contributed by atoms with E-state index in [9.17, 15) is 0 Å². The molecule has 3 nitrogen and oxygen atoms in total. The summed E-state index contributed by atoms with van der Waals surface area (Å²) < 4.78 is 1.95. The number of allylic oxidation sites excluding steroid dienone is 10. The van der Waals surface area contributed by atoms with Gasteiger partial charge in [-0.15, -0.1) is 5.10 Å². The fraction of sp³-hybridized carbons (Fsp3) is 0.143. The standard InChI is InChI=1S/C35H33N3/c1-4-13-32(25-27(3)28-20-22-29(23-21-28)31-17-12-14-26(2)24-31)34-36-35(30-15-8-5-6-9-16-30)38(37-34)33-18-10-7-11-19-33/h4-8,10-25,27H,9H2,1-3H3/b13-4-,32-25+. The van der Waals surface area contributed by atoms with Crippen molar-refractivity contribution in [1.82, 2.24) is 14.8 Å². The molecule has 0 radical (unpaired) electrons. The van der Waals surface area contributed by atoms with Gasteiger partial charge < -0.3 is 0 Å². The van der Waals surface area contributed by atoms with Crippen molar-refractivity contribution in [2.45, 2.75) is 33.1 Å². The normalized spacial score (nSPS) is 14.5. The SMILES string of the molecule is C/C=C\C(=C/C(C)c1ccc(-c2cccc(C)c2)cc1)c1nc(C2=CCC=CC=C2)n(-c2ccccc2)n1. The Morgan fingerprint density at radius 2 is 1.74 bits per heavy atom. The first-order valence-corrected chi connectivity index (χ1v) is 13.2. The van der Waals surface area contributed by atoms with Gasteiger partial charge in [0.15, 0.2) is 11.6 Å². The molecule has 1 unspecified atom stereocenters. The van der Waals surface area contributed by atoms with Crippen LogP contribution in [0.15, 0.2) is 127 Å². The molecule has 1 atom stereocenters. The molecule has 0 bridgehead atoms. The van der Waals surface area contributed by atoms with Crippen LogP contribution < -0.4 is 0 Å². The van der Waals surface area contributed by atoms with Crippen LogP contribution in [0.25, 0.3) is 28.0 Å². The molecule has 4 aromatic rings. The molecular weight excluding hydrogens is 462 g/mol. The summed E-state index contributed by atoms with van der Waals surface area (Å²) in [7, 11) is 0. The summed E-state index contributed by atoms with van der Waals surface area (Å²) in [4.78, 5) is 5.06. The molecule has 1 aromatic heterocycles. The number of para-hydroxylation sites is 1. The summed E-state index contributed by atoms with van der Waals surface area (Å²) in [5.74, 6) is 1.76. The fourth-order valence-electron chi connectivity index (χ4n) is 4.67. The van der Waals surface area contributed by atoms with Crippen molar-refractivity contribution < 1.29 is 0 Å². The third-order valence-corrected chi connectivity index (χ3v) is 6.68. The van der Waals surface area contributed by atoms with E-state index in [1.165, 1.54) is 22.3 Å². The van der Waals surface area contributed by atoms with Crippen LogP contribution in [0, 0.1) is 6.92 Å². The van der Waals surface area contributed by atoms with Crippen LogP contribution in [0.4, 0.5) is 0 Å². The lowest BCUT2D eigenvalue weighted by Crippen LogP contribution is -2.02. The van der Waals surface area contributed by atoms with Crippen molar-refractivity contribution in [3.8, 4) is 16.8 Å². The summed E-state index contributed by atoms with van der Waals surface area (Å²) in [5, 5.41) is 5.00. The number of nitrogens with zero attached hydrogens (tertiary/aromatic N) is 3. The lowest BCUT2D eigenvalue weighted by molar-refractivity contribution is 0.859. The Bertz CT molecular complexity index is 1540. The van der Waals surface area contributed by atoms with Gasteiger partial charge in [-0.3, -0.25) is 0 Å². The monoisotopic (exact) mass is 495 g/mol. The highest BCUT2D eigenvalue weighted by molar-refractivity contribution is 5.75. The molecule has 3 heteroatoms. The number of hydrogen-bond donors (Lipinski definition) is 0. The van der Waals surface area contributed by atoms with E-state index in [1.54, 1.807) is 0 Å². The Kier molecular flexibility index (Phi) is 7.75. The molecule has 1 heterocycles. The third-order valence-electron chi connectivity index (χ3n) is 6.68. The topological polar surface area (TPSA) is 30.7 Å². The zero-order valence-electron chi connectivity index (χ0n) is 22.3. The van der Waals surface area contributed by atoms with Crippen molar-refractivity contribution in [2.75, 3.05) is 0 Å². The maximum Gasteiger partial charge on any atom is 0.181 e. The van der Waals surface area contributed by atoms with E-state index in [2.05, 4.69) is 123 Å². The van der Waals surface area contributed by atoms with Crippen LogP contribution >= 0.6 is 0 Å². The molecule has 0 saturated carbocycles. The number of aromatic nitrogens is 3. The van der Waals surface area contributed by atoms with Gasteiger partial charge in [-0.1, -0.05) is 128 Å². The van der Waals surface area contributed by atoms with Crippen LogP contribution in [-0.2, 0) is 0 Å². The predicted molar refractivity (Wildman–Crippen MR) is 160 cm³/mol. The van der Waals surface area contributed by atoms with E-state index in [0.29, 0.717) is 0 Å². The third kappa shape index (κ3) is 5.73. The molecule has 0 saturated heterocycles. The second kappa shape index (κ2) is 11.7. The van der Waals surface area contributed by atoms with Crippen LogP contribution in [-0.4, -0.2) is 14.8 Å². The second-order valence-corrected chi connectivity index (χ2v) is 9.59. The molecule has 5 rings (SSSR count). The zero-order chi connectivity index (χ0) is 26.3. The molecule has 0 amide bonds. The lowest BCUT2D eigenvalue weighted by atomic mass is 9.95. The van der Waals surface area contributed by atoms with Crippen molar-refractivity contribution in [3.05, 3.63) is 150 Å². The minimum Gasteiger partial charge on any atom is -0.213 e. The second-order valence-electron chi connectivity index (χ2n) is 9.59. The first kappa shape index (κ1) is 25.2. The molecule has 1 aliphatic rings. The van der Waals surface area contributed by atoms with Gasteiger partial charge in [-0.25, -0.2) is 9.67 Å². The molecule has 1 aliphatic carbocycles. The minimum absolute atomic E-state index is 0.195. The van der Waals surface area contributed by atoms with Crippen LogP contribution in [0.1, 0.15) is 49.0 Å². The van der Waals surface area contributed by atoms with Gasteiger partial charge in [0.05, 0.1) is 5.69 Å². The molecule has 0 N–H and O–H groups in total. The van der Waals surface area contributed by atoms with E-state index < -0.39 is 0 Å². The van der Waals surface area contributed by atoms with Gasteiger partial charge in [0.2, 0.25) is 0 Å². The predicted octanol–water partition coefficient (Wildman–Crippen LogP) is 8.91. The maximum absolute atomic E-state index is 5.06. The number of aryl methyl sites for hydroxylation is 1. The zero-order valence-corrected chi connectivity index (χ0v) is 22.3. The van der Waals surface area contributed by atoms with Gasteiger partial charge >= 0.3 is 0 Å². The Labute approximate surface area is 225 Å². The highest BCUT2D eigenvalue weighted by Gasteiger charge is 2.17. The van der Waals surface area contributed by atoms with Gasteiger partial charge in [-0.05, 0) is 55.0 Å². The van der Waals surface area contributed by atoms with Crippen molar-refractivity contribution >= 4 is 11.1 Å². The van der Waals surface area contributed by atoms with E-state index >= 15 is 0 Å². The summed E-state index contributed by atoms with van der Waals surface area (Å²) in [6, 6.07) is 27.7. The highest BCUT2D eigenvalue weighted by Crippen LogP contribution is 2.28. The van der Waals surface area contributed by atoms with Gasteiger partial charge in [0.1, 0.15) is 0 Å². The Hall–Kier alpha value is -4.50. The Morgan fingerprint density at radius 3 is 2.50 bits per heavy atom. The quantitative estimate of drug-likeness (QED) is 0.240. The Morgan fingerprint density at radius 1 is 0.921 bits per heavy atom.